The second kappa shape index (κ2) is 6.97. The number of amides is 1. The van der Waals surface area contributed by atoms with Crippen molar-refractivity contribution in [1.29, 1.82) is 0 Å². The summed E-state index contributed by atoms with van der Waals surface area (Å²) >= 11 is 3.45. The minimum absolute atomic E-state index is 0.000632. The molecule has 0 heterocycles. The lowest BCUT2D eigenvalue weighted by atomic mass is 10.1. The van der Waals surface area contributed by atoms with Gasteiger partial charge in [0.2, 0.25) is 0 Å². The highest BCUT2D eigenvalue weighted by Crippen LogP contribution is 2.25. The lowest BCUT2D eigenvalue weighted by Crippen LogP contribution is -2.21. The van der Waals surface area contributed by atoms with Gasteiger partial charge in [-0.2, -0.15) is 0 Å². The molecule has 0 saturated carbocycles. The summed E-state index contributed by atoms with van der Waals surface area (Å²) in [4.78, 5) is 12.1. The first-order chi connectivity index (χ1) is 10.4. The molecule has 0 fully saturated rings. The molecule has 22 heavy (non-hydrogen) atoms. The molecule has 2 rings (SSSR count). The Morgan fingerprint density at radius 3 is 2.14 bits per heavy atom. The number of benzene rings is 2. The molecule has 0 saturated heterocycles. The van der Waals surface area contributed by atoms with Crippen LogP contribution in [0.4, 0.5) is 5.69 Å². The first kappa shape index (κ1) is 16.6. The van der Waals surface area contributed by atoms with Crippen molar-refractivity contribution in [1.82, 2.24) is 0 Å². The highest BCUT2D eigenvalue weighted by molar-refractivity contribution is 9.10. The molecule has 2 aromatic rings. The molecule has 0 unspecified atom stereocenters. The van der Waals surface area contributed by atoms with Gasteiger partial charge in [0, 0.05) is 10.2 Å². The quantitative estimate of drug-likeness (QED) is 0.856. The van der Waals surface area contributed by atoms with Gasteiger partial charge in [-0.1, -0.05) is 34.1 Å². The average Bonchev–Trinajstić information content (AvgIpc) is 2.42. The minimum atomic E-state index is -0.156. The van der Waals surface area contributed by atoms with Crippen molar-refractivity contribution in [2.45, 2.75) is 27.7 Å². The molecular weight excluding hydrogens is 342 g/mol. The highest BCUT2D eigenvalue weighted by atomic mass is 79.9. The molecule has 1 amide bonds. The van der Waals surface area contributed by atoms with Crippen molar-refractivity contribution < 1.29 is 9.53 Å². The number of nitrogens with one attached hydrogen (secondary N) is 1. The van der Waals surface area contributed by atoms with E-state index in [1.807, 2.05) is 58.0 Å². The van der Waals surface area contributed by atoms with Crippen LogP contribution >= 0.6 is 15.9 Å². The standard InChI is InChI=1S/C18H20BrNO2/c1-11-6-5-7-12(2)18(11)22-10-16(21)20-17-13(3)8-15(19)9-14(17)4/h5-9H,10H2,1-4H3,(H,20,21). The third kappa shape index (κ3) is 3.89. The molecule has 116 valence electrons. The molecule has 0 radical (unpaired) electrons. The van der Waals surface area contributed by atoms with E-state index in [1.54, 1.807) is 0 Å². The van der Waals surface area contributed by atoms with Crippen molar-refractivity contribution in [2.24, 2.45) is 0 Å². The summed E-state index contributed by atoms with van der Waals surface area (Å²) in [6.07, 6.45) is 0. The second-order valence-electron chi connectivity index (χ2n) is 5.47. The van der Waals surface area contributed by atoms with E-state index >= 15 is 0 Å². The zero-order chi connectivity index (χ0) is 16.3. The van der Waals surface area contributed by atoms with E-state index in [-0.39, 0.29) is 12.5 Å². The molecule has 0 bridgehead atoms. The zero-order valence-electron chi connectivity index (χ0n) is 13.3. The molecule has 0 aliphatic heterocycles. The van der Waals surface area contributed by atoms with Gasteiger partial charge in [-0.15, -0.1) is 0 Å². The molecular formula is C18H20BrNO2. The van der Waals surface area contributed by atoms with E-state index in [2.05, 4.69) is 21.2 Å². The summed E-state index contributed by atoms with van der Waals surface area (Å²) < 4.78 is 6.69. The van der Waals surface area contributed by atoms with Crippen molar-refractivity contribution in [3.05, 3.63) is 57.1 Å². The summed E-state index contributed by atoms with van der Waals surface area (Å²) in [5.41, 5.74) is 4.95. The summed E-state index contributed by atoms with van der Waals surface area (Å²) in [7, 11) is 0. The predicted octanol–water partition coefficient (Wildman–Crippen LogP) is 4.70. The highest BCUT2D eigenvalue weighted by Gasteiger charge is 2.11. The Balaban J connectivity index is 2.05. The van der Waals surface area contributed by atoms with Crippen LogP contribution in [0.3, 0.4) is 0 Å². The lowest BCUT2D eigenvalue weighted by molar-refractivity contribution is -0.118. The van der Waals surface area contributed by atoms with Crippen molar-refractivity contribution in [3.8, 4) is 5.75 Å². The summed E-state index contributed by atoms with van der Waals surface area (Å²) in [5, 5.41) is 2.93. The maximum Gasteiger partial charge on any atom is 0.262 e. The molecule has 0 atom stereocenters. The summed E-state index contributed by atoms with van der Waals surface area (Å²) in [6, 6.07) is 9.89. The van der Waals surface area contributed by atoms with E-state index in [1.165, 1.54) is 0 Å². The molecule has 0 aliphatic carbocycles. The van der Waals surface area contributed by atoms with Gasteiger partial charge in [0.15, 0.2) is 6.61 Å². The molecule has 1 N–H and O–H groups in total. The molecule has 0 aromatic heterocycles. The Hall–Kier alpha value is -1.81. The normalized spacial score (nSPS) is 10.4. The molecule has 3 nitrogen and oxygen atoms in total. The average molecular weight is 362 g/mol. The van der Waals surface area contributed by atoms with Crippen LogP contribution in [-0.4, -0.2) is 12.5 Å². The fraction of sp³-hybridized carbons (Fsp3) is 0.278. The van der Waals surface area contributed by atoms with Crippen LogP contribution in [0.25, 0.3) is 0 Å². The number of aryl methyl sites for hydroxylation is 4. The van der Waals surface area contributed by atoms with Gasteiger partial charge in [-0.25, -0.2) is 0 Å². The number of carbonyl (C=O) groups is 1. The minimum Gasteiger partial charge on any atom is -0.483 e. The Labute approximate surface area is 139 Å². The molecule has 0 spiro atoms. The first-order valence-electron chi connectivity index (χ1n) is 7.14. The van der Waals surface area contributed by atoms with Crippen LogP contribution in [0, 0.1) is 27.7 Å². The Bertz CT molecular complexity index is 667. The number of para-hydroxylation sites is 1. The number of carbonyl (C=O) groups excluding carboxylic acids is 1. The summed E-state index contributed by atoms with van der Waals surface area (Å²) in [5.74, 6) is 0.623. The van der Waals surface area contributed by atoms with Gasteiger partial charge in [-0.3, -0.25) is 4.79 Å². The van der Waals surface area contributed by atoms with E-state index < -0.39 is 0 Å². The van der Waals surface area contributed by atoms with Gasteiger partial charge in [0.25, 0.3) is 5.91 Å². The summed E-state index contributed by atoms with van der Waals surface area (Å²) in [6.45, 7) is 7.90. The van der Waals surface area contributed by atoms with Crippen molar-refractivity contribution in [2.75, 3.05) is 11.9 Å². The first-order valence-corrected chi connectivity index (χ1v) is 7.93. The molecule has 2 aromatic carbocycles. The monoisotopic (exact) mass is 361 g/mol. The van der Waals surface area contributed by atoms with Crippen LogP contribution in [0.2, 0.25) is 0 Å². The number of ether oxygens (including phenoxy) is 1. The van der Waals surface area contributed by atoms with Crippen LogP contribution in [0.1, 0.15) is 22.3 Å². The van der Waals surface area contributed by atoms with Gasteiger partial charge in [0.1, 0.15) is 5.75 Å². The van der Waals surface area contributed by atoms with E-state index in [0.29, 0.717) is 0 Å². The van der Waals surface area contributed by atoms with E-state index in [0.717, 1.165) is 38.2 Å². The SMILES string of the molecule is Cc1cc(Br)cc(C)c1NC(=O)COc1c(C)cccc1C. The predicted molar refractivity (Wildman–Crippen MR) is 93.7 cm³/mol. The second-order valence-corrected chi connectivity index (χ2v) is 6.39. The number of hydrogen-bond donors (Lipinski definition) is 1. The fourth-order valence-corrected chi connectivity index (χ4v) is 3.13. The smallest absolute Gasteiger partial charge is 0.262 e. The maximum absolute atomic E-state index is 12.1. The third-order valence-electron chi connectivity index (χ3n) is 3.52. The number of rotatable bonds is 4. The van der Waals surface area contributed by atoms with Gasteiger partial charge in [-0.05, 0) is 62.1 Å². The van der Waals surface area contributed by atoms with E-state index in [4.69, 9.17) is 4.74 Å². The van der Waals surface area contributed by atoms with Gasteiger partial charge < -0.3 is 10.1 Å². The van der Waals surface area contributed by atoms with Crippen LogP contribution in [-0.2, 0) is 4.79 Å². The zero-order valence-corrected chi connectivity index (χ0v) is 14.9. The van der Waals surface area contributed by atoms with Gasteiger partial charge >= 0.3 is 0 Å². The van der Waals surface area contributed by atoms with Gasteiger partial charge in [0.05, 0.1) is 0 Å². The Morgan fingerprint density at radius 1 is 1.05 bits per heavy atom. The fourth-order valence-electron chi connectivity index (χ4n) is 2.45. The largest absolute Gasteiger partial charge is 0.483 e. The molecule has 0 aliphatic rings. The topological polar surface area (TPSA) is 38.3 Å². The van der Waals surface area contributed by atoms with E-state index in [9.17, 15) is 4.79 Å². The third-order valence-corrected chi connectivity index (χ3v) is 3.98. The number of anilines is 1. The van der Waals surface area contributed by atoms with Crippen molar-refractivity contribution >= 4 is 27.5 Å². The van der Waals surface area contributed by atoms with Crippen LogP contribution in [0.5, 0.6) is 5.75 Å². The molecule has 4 heteroatoms. The van der Waals surface area contributed by atoms with Crippen LogP contribution in [0.15, 0.2) is 34.8 Å². The van der Waals surface area contributed by atoms with Crippen molar-refractivity contribution in [3.63, 3.8) is 0 Å². The Kier molecular flexibility index (Phi) is 5.24. The Morgan fingerprint density at radius 2 is 1.59 bits per heavy atom. The van der Waals surface area contributed by atoms with Crippen LogP contribution < -0.4 is 10.1 Å². The number of hydrogen-bond acceptors (Lipinski definition) is 2. The maximum atomic E-state index is 12.1. The lowest BCUT2D eigenvalue weighted by Gasteiger charge is -2.14. The number of halogens is 1.